The van der Waals surface area contributed by atoms with Crippen LogP contribution in [0.15, 0.2) is 4.52 Å². The Balaban J connectivity index is 2.38. The topological polar surface area (TPSA) is 113 Å². The Kier molecular flexibility index (Phi) is 6.53. The number of aliphatic carboxylic acids is 1. The zero-order valence-corrected chi connectivity index (χ0v) is 12.2. The van der Waals surface area contributed by atoms with Crippen LogP contribution < -0.4 is 5.32 Å². The maximum atomic E-state index is 11.6. The molecule has 1 aromatic heterocycles. The number of thioether (sulfide) groups is 1. The van der Waals surface area contributed by atoms with Crippen LogP contribution in [0.5, 0.6) is 0 Å². The molecule has 8 heteroatoms. The lowest BCUT2D eigenvalue weighted by molar-refractivity contribution is -0.141. The smallest absolute Gasteiger partial charge is 0.326 e. The number of aryl methyl sites for hydroxylation is 2. The molecule has 0 saturated heterocycles. The number of aliphatic hydroxyl groups is 1. The number of carboxylic acids is 1. The summed E-state index contributed by atoms with van der Waals surface area (Å²) in [4.78, 5) is 22.4. The molecule has 0 fully saturated rings. The molecule has 0 aliphatic heterocycles. The molecule has 7 nitrogen and oxygen atoms in total. The zero-order valence-electron chi connectivity index (χ0n) is 11.4. The van der Waals surface area contributed by atoms with E-state index in [2.05, 4.69) is 10.5 Å². The number of carbonyl (C=O) groups is 2. The Labute approximate surface area is 120 Å². The molecule has 1 atom stereocenters. The van der Waals surface area contributed by atoms with Gasteiger partial charge in [0.1, 0.15) is 11.8 Å². The van der Waals surface area contributed by atoms with Crippen molar-refractivity contribution < 1.29 is 24.3 Å². The molecule has 1 heterocycles. The third-order valence-corrected chi connectivity index (χ3v) is 3.67. The van der Waals surface area contributed by atoms with Crippen LogP contribution >= 0.6 is 11.8 Å². The van der Waals surface area contributed by atoms with Gasteiger partial charge >= 0.3 is 5.97 Å². The standard InChI is InChI=1S/C12H18N2O5S/c1-7-9(8(2)19-14-7)5-20-6-11(16)13-10(3-4-15)12(17)18/h10,15H,3-6H2,1-2H3,(H,13,16)(H,17,18)/t10-/m1/s1. The maximum Gasteiger partial charge on any atom is 0.326 e. The van der Waals surface area contributed by atoms with Crippen molar-refractivity contribution >= 4 is 23.6 Å². The van der Waals surface area contributed by atoms with Crippen molar-refractivity contribution in [3.63, 3.8) is 0 Å². The van der Waals surface area contributed by atoms with Crippen molar-refractivity contribution in [2.75, 3.05) is 12.4 Å². The maximum absolute atomic E-state index is 11.6. The number of carbonyl (C=O) groups excluding carboxylic acids is 1. The molecule has 1 aromatic rings. The van der Waals surface area contributed by atoms with Crippen LogP contribution in [0.1, 0.15) is 23.4 Å². The molecule has 0 saturated carbocycles. The Hall–Kier alpha value is -1.54. The van der Waals surface area contributed by atoms with Crippen LogP contribution in [0, 0.1) is 13.8 Å². The summed E-state index contributed by atoms with van der Waals surface area (Å²) in [7, 11) is 0. The number of aliphatic hydroxyl groups excluding tert-OH is 1. The predicted molar refractivity (Wildman–Crippen MR) is 73.4 cm³/mol. The van der Waals surface area contributed by atoms with Gasteiger partial charge in [-0.25, -0.2) is 4.79 Å². The molecule has 0 radical (unpaired) electrons. The first-order chi connectivity index (χ1) is 9.45. The first-order valence-corrected chi connectivity index (χ1v) is 7.23. The summed E-state index contributed by atoms with van der Waals surface area (Å²) in [6.45, 7) is 3.34. The monoisotopic (exact) mass is 302 g/mol. The van der Waals surface area contributed by atoms with E-state index in [-0.39, 0.29) is 24.7 Å². The van der Waals surface area contributed by atoms with Crippen molar-refractivity contribution in [1.82, 2.24) is 10.5 Å². The SMILES string of the molecule is Cc1noc(C)c1CSCC(=O)N[C@H](CCO)C(=O)O. The van der Waals surface area contributed by atoms with Crippen molar-refractivity contribution in [3.05, 3.63) is 17.0 Å². The second-order valence-corrected chi connectivity index (χ2v) is 5.25. The van der Waals surface area contributed by atoms with Gasteiger partial charge in [-0.2, -0.15) is 0 Å². The number of rotatable bonds is 8. The molecule has 0 spiro atoms. The van der Waals surface area contributed by atoms with Crippen LogP contribution in [0.4, 0.5) is 0 Å². The van der Waals surface area contributed by atoms with Crippen LogP contribution in [-0.2, 0) is 15.3 Å². The average Bonchev–Trinajstić information content (AvgIpc) is 2.69. The third-order valence-electron chi connectivity index (χ3n) is 2.71. The van der Waals surface area contributed by atoms with Crippen LogP contribution in [0.3, 0.4) is 0 Å². The third kappa shape index (κ3) is 4.86. The summed E-state index contributed by atoms with van der Waals surface area (Å²) in [6.07, 6.45) is -0.00436. The van der Waals surface area contributed by atoms with Crippen molar-refractivity contribution in [2.24, 2.45) is 0 Å². The summed E-state index contributed by atoms with van der Waals surface area (Å²) >= 11 is 1.35. The fraction of sp³-hybridized carbons (Fsp3) is 0.583. The minimum absolute atomic E-state index is 0.00436. The summed E-state index contributed by atoms with van der Waals surface area (Å²) < 4.78 is 5.01. The van der Waals surface area contributed by atoms with Crippen molar-refractivity contribution in [2.45, 2.75) is 32.1 Å². The number of hydrogen-bond acceptors (Lipinski definition) is 6. The summed E-state index contributed by atoms with van der Waals surface area (Å²) in [5.41, 5.74) is 1.74. The molecule has 0 aliphatic carbocycles. The Bertz CT molecular complexity index is 455. The number of nitrogens with zero attached hydrogens (tertiary/aromatic N) is 1. The van der Waals surface area contributed by atoms with Gasteiger partial charge < -0.3 is 20.1 Å². The molecule has 3 N–H and O–H groups in total. The number of hydrogen-bond donors (Lipinski definition) is 3. The molecule has 1 amide bonds. The van der Waals surface area contributed by atoms with Gasteiger partial charge in [-0.3, -0.25) is 4.79 Å². The molecule has 0 unspecified atom stereocenters. The lowest BCUT2D eigenvalue weighted by Gasteiger charge is -2.12. The highest BCUT2D eigenvalue weighted by molar-refractivity contribution is 7.99. The van der Waals surface area contributed by atoms with Gasteiger partial charge in [0.2, 0.25) is 5.91 Å². The summed E-state index contributed by atoms with van der Waals surface area (Å²) in [6, 6.07) is -1.05. The number of carboxylic acid groups (broad SMARTS) is 1. The van der Waals surface area contributed by atoms with E-state index >= 15 is 0 Å². The second kappa shape index (κ2) is 7.91. The molecule has 0 aromatic carbocycles. The second-order valence-electron chi connectivity index (χ2n) is 4.27. The lowest BCUT2D eigenvalue weighted by Crippen LogP contribution is -2.42. The Morgan fingerprint density at radius 2 is 2.15 bits per heavy atom. The highest BCUT2D eigenvalue weighted by atomic mass is 32.2. The predicted octanol–water partition coefficient (Wildman–Crippen LogP) is 0.476. The van der Waals surface area contributed by atoms with E-state index in [1.165, 1.54) is 11.8 Å². The average molecular weight is 302 g/mol. The minimum Gasteiger partial charge on any atom is -0.480 e. The van der Waals surface area contributed by atoms with E-state index in [4.69, 9.17) is 14.7 Å². The number of amides is 1. The van der Waals surface area contributed by atoms with Gasteiger partial charge in [-0.15, -0.1) is 11.8 Å². The first-order valence-electron chi connectivity index (χ1n) is 6.08. The Morgan fingerprint density at radius 3 is 2.65 bits per heavy atom. The Morgan fingerprint density at radius 1 is 1.45 bits per heavy atom. The first kappa shape index (κ1) is 16.5. The van der Waals surface area contributed by atoms with Gasteiger partial charge in [0, 0.05) is 24.3 Å². The van der Waals surface area contributed by atoms with E-state index in [0.29, 0.717) is 5.75 Å². The van der Waals surface area contributed by atoms with Gasteiger partial charge in [-0.1, -0.05) is 5.16 Å². The van der Waals surface area contributed by atoms with E-state index < -0.39 is 12.0 Å². The van der Waals surface area contributed by atoms with E-state index in [1.54, 1.807) is 6.92 Å². The number of aromatic nitrogens is 1. The molecule has 112 valence electrons. The zero-order chi connectivity index (χ0) is 15.1. The highest BCUT2D eigenvalue weighted by Gasteiger charge is 2.19. The largest absolute Gasteiger partial charge is 0.480 e. The molecule has 0 bridgehead atoms. The van der Waals surface area contributed by atoms with Crippen molar-refractivity contribution in [3.8, 4) is 0 Å². The quantitative estimate of drug-likeness (QED) is 0.640. The van der Waals surface area contributed by atoms with Gasteiger partial charge in [0.15, 0.2) is 0 Å². The molecular formula is C12H18N2O5S. The fourth-order valence-electron chi connectivity index (χ4n) is 1.58. The number of nitrogens with one attached hydrogen (secondary N) is 1. The van der Waals surface area contributed by atoms with Crippen LogP contribution in [0.2, 0.25) is 0 Å². The minimum atomic E-state index is -1.15. The van der Waals surface area contributed by atoms with E-state index in [1.807, 2.05) is 6.92 Å². The van der Waals surface area contributed by atoms with Crippen LogP contribution in [-0.4, -0.2) is 45.6 Å². The summed E-state index contributed by atoms with van der Waals surface area (Å²) in [5, 5.41) is 23.8. The van der Waals surface area contributed by atoms with Crippen molar-refractivity contribution in [1.29, 1.82) is 0 Å². The van der Waals surface area contributed by atoms with Gasteiger partial charge in [0.25, 0.3) is 0 Å². The fourth-order valence-corrected chi connectivity index (χ4v) is 2.56. The normalized spacial score (nSPS) is 12.2. The van der Waals surface area contributed by atoms with E-state index in [9.17, 15) is 9.59 Å². The van der Waals surface area contributed by atoms with Gasteiger partial charge in [-0.05, 0) is 13.8 Å². The highest BCUT2D eigenvalue weighted by Crippen LogP contribution is 2.19. The molecule has 1 rings (SSSR count). The lowest BCUT2D eigenvalue weighted by atomic mass is 10.2. The molecular weight excluding hydrogens is 284 g/mol. The molecule has 0 aliphatic rings. The molecule has 20 heavy (non-hydrogen) atoms. The van der Waals surface area contributed by atoms with Gasteiger partial charge in [0.05, 0.1) is 11.4 Å². The van der Waals surface area contributed by atoms with Crippen LogP contribution in [0.25, 0.3) is 0 Å². The summed E-state index contributed by atoms with van der Waals surface area (Å²) in [5.74, 6) is -0.0872. The van der Waals surface area contributed by atoms with E-state index in [0.717, 1.165) is 17.0 Å².